The van der Waals surface area contributed by atoms with E-state index in [9.17, 15) is 0 Å². The molecule has 3 nitrogen and oxygen atoms in total. The van der Waals surface area contributed by atoms with Crippen molar-refractivity contribution in [3.8, 4) is 0 Å². The summed E-state index contributed by atoms with van der Waals surface area (Å²) in [6.45, 7) is 7.45. The third-order valence-electron chi connectivity index (χ3n) is 4.32. The highest BCUT2D eigenvalue weighted by Crippen LogP contribution is 2.33. The fraction of sp³-hybridized carbons (Fsp3) is 0.800. The lowest BCUT2D eigenvalue weighted by Gasteiger charge is -2.38. The highest BCUT2D eigenvalue weighted by Gasteiger charge is 2.32. The van der Waals surface area contributed by atoms with Gasteiger partial charge in [0, 0.05) is 30.2 Å². The van der Waals surface area contributed by atoms with Gasteiger partial charge in [-0.3, -0.25) is 4.68 Å². The summed E-state index contributed by atoms with van der Waals surface area (Å²) in [4.78, 5) is 0. The van der Waals surface area contributed by atoms with Crippen LogP contribution in [-0.4, -0.2) is 21.2 Å². The van der Waals surface area contributed by atoms with Gasteiger partial charge in [0.25, 0.3) is 0 Å². The molecule has 1 aliphatic carbocycles. The van der Waals surface area contributed by atoms with Gasteiger partial charge in [-0.25, -0.2) is 0 Å². The molecule has 1 fully saturated rings. The summed E-state index contributed by atoms with van der Waals surface area (Å²) in [5.74, 6) is 1.54. The highest BCUT2D eigenvalue weighted by molar-refractivity contribution is 6.18. The second-order valence-electron chi connectivity index (χ2n) is 6.33. The van der Waals surface area contributed by atoms with Gasteiger partial charge in [0.05, 0.1) is 5.69 Å². The SMILES string of the molecule is CC1CCC(CCl)(NCc2ccn(C(C)C)n2)CC1. The summed E-state index contributed by atoms with van der Waals surface area (Å²) in [5, 5.41) is 8.25. The summed E-state index contributed by atoms with van der Waals surface area (Å²) in [7, 11) is 0. The maximum atomic E-state index is 6.22. The minimum Gasteiger partial charge on any atom is -0.304 e. The molecular weight excluding hydrogens is 258 g/mol. The average Bonchev–Trinajstić information content (AvgIpc) is 2.88. The molecule has 108 valence electrons. The maximum Gasteiger partial charge on any atom is 0.0762 e. The molecule has 0 bridgehead atoms. The van der Waals surface area contributed by atoms with Crippen molar-refractivity contribution in [2.75, 3.05) is 5.88 Å². The second kappa shape index (κ2) is 6.27. The van der Waals surface area contributed by atoms with Gasteiger partial charge in [-0.1, -0.05) is 6.92 Å². The molecule has 0 aromatic carbocycles. The van der Waals surface area contributed by atoms with E-state index >= 15 is 0 Å². The largest absolute Gasteiger partial charge is 0.304 e. The van der Waals surface area contributed by atoms with Gasteiger partial charge >= 0.3 is 0 Å². The molecule has 0 unspecified atom stereocenters. The number of nitrogens with one attached hydrogen (secondary N) is 1. The first-order valence-corrected chi connectivity index (χ1v) is 7.93. The zero-order valence-electron chi connectivity index (χ0n) is 12.3. The monoisotopic (exact) mass is 283 g/mol. The molecule has 1 aromatic rings. The molecule has 1 aliphatic rings. The number of hydrogen-bond acceptors (Lipinski definition) is 2. The number of aromatic nitrogens is 2. The fourth-order valence-electron chi connectivity index (χ4n) is 2.71. The van der Waals surface area contributed by atoms with Crippen molar-refractivity contribution in [1.82, 2.24) is 15.1 Å². The van der Waals surface area contributed by atoms with E-state index in [1.807, 2.05) is 4.68 Å². The van der Waals surface area contributed by atoms with E-state index in [2.05, 4.69) is 43.4 Å². The molecule has 0 radical (unpaired) electrons. The van der Waals surface area contributed by atoms with Crippen molar-refractivity contribution < 1.29 is 0 Å². The molecule has 4 heteroatoms. The van der Waals surface area contributed by atoms with Crippen LogP contribution in [0.5, 0.6) is 0 Å². The Bertz CT molecular complexity index is 392. The summed E-state index contributed by atoms with van der Waals surface area (Å²) in [6, 6.07) is 2.52. The number of alkyl halides is 1. The van der Waals surface area contributed by atoms with E-state index in [-0.39, 0.29) is 5.54 Å². The van der Waals surface area contributed by atoms with Crippen LogP contribution in [0.1, 0.15) is 58.2 Å². The molecule has 1 aromatic heterocycles. The lowest BCUT2D eigenvalue weighted by atomic mass is 9.78. The number of halogens is 1. The van der Waals surface area contributed by atoms with Gasteiger partial charge in [-0.15, -0.1) is 11.6 Å². The first-order valence-electron chi connectivity index (χ1n) is 7.40. The van der Waals surface area contributed by atoms with Crippen molar-refractivity contribution >= 4 is 11.6 Å². The van der Waals surface area contributed by atoms with Crippen LogP contribution in [0.2, 0.25) is 0 Å². The topological polar surface area (TPSA) is 29.9 Å². The van der Waals surface area contributed by atoms with Crippen molar-refractivity contribution in [2.24, 2.45) is 5.92 Å². The number of nitrogens with zero attached hydrogens (tertiary/aromatic N) is 2. The van der Waals surface area contributed by atoms with Crippen LogP contribution in [0.15, 0.2) is 12.3 Å². The molecule has 0 aliphatic heterocycles. The van der Waals surface area contributed by atoms with Crippen molar-refractivity contribution in [2.45, 2.75) is 64.6 Å². The fourth-order valence-corrected chi connectivity index (χ4v) is 3.07. The van der Waals surface area contributed by atoms with Gasteiger partial charge < -0.3 is 5.32 Å². The Morgan fingerprint density at radius 2 is 2.16 bits per heavy atom. The molecule has 0 saturated heterocycles. The molecule has 0 amide bonds. The van der Waals surface area contributed by atoms with E-state index in [1.165, 1.54) is 25.7 Å². The highest BCUT2D eigenvalue weighted by atomic mass is 35.5. The third kappa shape index (κ3) is 3.73. The quantitative estimate of drug-likeness (QED) is 0.834. The zero-order valence-corrected chi connectivity index (χ0v) is 13.1. The molecule has 0 spiro atoms. The summed E-state index contributed by atoms with van der Waals surface area (Å²) in [5.41, 5.74) is 1.23. The molecule has 19 heavy (non-hydrogen) atoms. The smallest absolute Gasteiger partial charge is 0.0762 e. The van der Waals surface area contributed by atoms with E-state index in [1.54, 1.807) is 0 Å². The van der Waals surface area contributed by atoms with Crippen LogP contribution < -0.4 is 5.32 Å². The second-order valence-corrected chi connectivity index (χ2v) is 6.60. The number of rotatable bonds is 5. The van der Waals surface area contributed by atoms with Crippen LogP contribution in [0.25, 0.3) is 0 Å². The molecule has 1 heterocycles. The zero-order chi connectivity index (χ0) is 13.9. The number of hydrogen-bond donors (Lipinski definition) is 1. The Labute approximate surface area is 121 Å². The van der Waals surface area contributed by atoms with Crippen LogP contribution in [-0.2, 0) is 6.54 Å². The van der Waals surface area contributed by atoms with Crippen LogP contribution in [0.3, 0.4) is 0 Å². The summed E-state index contributed by atoms with van der Waals surface area (Å²) >= 11 is 6.22. The minimum absolute atomic E-state index is 0.121. The standard InChI is InChI=1S/C15H26ClN3/c1-12(2)19-9-6-14(18-19)10-17-15(11-16)7-4-13(3)5-8-15/h6,9,12-13,17H,4-5,7-8,10-11H2,1-3H3. The molecule has 1 saturated carbocycles. The lowest BCUT2D eigenvalue weighted by Crippen LogP contribution is -2.49. The Balaban J connectivity index is 1.92. The van der Waals surface area contributed by atoms with Gasteiger partial charge in [-0.05, 0) is 51.5 Å². The van der Waals surface area contributed by atoms with E-state index in [0.717, 1.165) is 18.2 Å². The molecule has 2 rings (SSSR count). The van der Waals surface area contributed by atoms with Gasteiger partial charge in [0.1, 0.15) is 0 Å². The third-order valence-corrected chi connectivity index (χ3v) is 4.84. The van der Waals surface area contributed by atoms with Crippen molar-refractivity contribution in [3.05, 3.63) is 18.0 Å². The van der Waals surface area contributed by atoms with Crippen molar-refractivity contribution in [3.63, 3.8) is 0 Å². The van der Waals surface area contributed by atoms with Crippen LogP contribution in [0.4, 0.5) is 0 Å². The summed E-state index contributed by atoms with van der Waals surface area (Å²) in [6.07, 6.45) is 6.98. The Kier molecular flexibility index (Phi) is 4.91. The Morgan fingerprint density at radius 1 is 1.47 bits per heavy atom. The van der Waals surface area contributed by atoms with E-state index < -0.39 is 0 Å². The van der Waals surface area contributed by atoms with Gasteiger partial charge in [0.2, 0.25) is 0 Å². The average molecular weight is 284 g/mol. The van der Waals surface area contributed by atoms with E-state index in [0.29, 0.717) is 11.9 Å². The molecule has 0 atom stereocenters. The first-order chi connectivity index (χ1) is 9.04. The van der Waals surface area contributed by atoms with Crippen LogP contribution in [0, 0.1) is 5.92 Å². The first kappa shape index (κ1) is 14.9. The Morgan fingerprint density at radius 3 is 2.68 bits per heavy atom. The molecule has 1 N–H and O–H groups in total. The van der Waals surface area contributed by atoms with E-state index in [4.69, 9.17) is 11.6 Å². The predicted octanol–water partition coefficient (Wildman–Crippen LogP) is 3.74. The maximum absolute atomic E-state index is 6.22. The normalized spacial score (nSPS) is 27.9. The van der Waals surface area contributed by atoms with Gasteiger partial charge in [0.15, 0.2) is 0 Å². The summed E-state index contributed by atoms with van der Waals surface area (Å²) < 4.78 is 2.01. The van der Waals surface area contributed by atoms with Crippen LogP contribution >= 0.6 is 11.6 Å². The minimum atomic E-state index is 0.121. The Hall–Kier alpha value is -0.540. The van der Waals surface area contributed by atoms with Crippen molar-refractivity contribution in [1.29, 1.82) is 0 Å². The lowest BCUT2D eigenvalue weighted by molar-refractivity contribution is 0.215. The predicted molar refractivity (Wildman–Crippen MR) is 80.5 cm³/mol. The molecular formula is C15H26ClN3. The van der Waals surface area contributed by atoms with Gasteiger partial charge in [-0.2, -0.15) is 5.10 Å².